The van der Waals surface area contributed by atoms with E-state index in [1.807, 2.05) is 12.2 Å². The van der Waals surface area contributed by atoms with Crippen molar-refractivity contribution in [2.75, 3.05) is 12.0 Å². The third kappa shape index (κ3) is 2.59. The van der Waals surface area contributed by atoms with Crippen LogP contribution in [-0.2, 0) is 9.59 Å². The highest BCUT2D eigenvalue weighted by atomic mass is 16.5. The van der Waals surface area contributed by atoms with Crippen LogP contribution in [0.5, 0.6) is 11.5 Å². The van der Waals surface area contributed by atoms with Crippen molar-refractivity contribution in [1.82, 2.24) is 0 Å². The highest BCUT2D eigenvalue weighted by Gasteiger charge is 2.59. The summed E-state index contributed by atoms with van der Waals surface area (Å²) in [5, 5.41) is 0. The highest BCUT2D eigenvalue weighted by molar-refractivity contribution is 6.23. The van der Waals surface area contributed by atoms with E-state index in [4.69, 9.17) is 9.47 Å². The zero-order chi connectivity index (χ0) is 20.1. The first-order valence-electron chi connectivity index (χ1n) is 9.60. The van der Waals surface area contributed by atoms with Crippen LogP contribution in [-0.4, -0.2) is 24.9 Å². The number of fused-ring (bicyclic) bond motifs is 5. The quantitative estimate of drug-likeness (QED) is 0.347. The molecular formula is C23H19NO5. The lowest BCUT2D eigenvalue weighted by Gasteiger charge is -2.20. The molecule has 0 spiro atoms. The summed E-state index contributed by atoms with van der Waals surface area (Å²) in [4.78, 5) is 40.1. The molecule has 146 valence electrons. The molecule has 2 amide bonds. The fourth-order valence-electron chi connectivity index (χ4n) is 4.84. The van der Waals surface area contributed by atoms with E-state index in [2.05, 4.69) is 0 Å². The molecule has 1 aliphatic heterocycles. The van der Waals surface area contributed by atoms with Crippen molar-refractivity contribution < 1.29 is 23.9 Å². The van der Waals surface area contributed by atoms with Crippen LogP contribution >= 0.6 is 0 Å². The molecular weight excluding hydrogens is 370 g/mol. The topological polar surface area (TPSA) is 72.9 Å². The van der Waals surface area contributed by atoms with E-state index in [0.29, 0.717) is 11.4 Å². The summed E-state index contributed by atoms with van der Waals surface area (Å²) < 4.78 is 10.8. The van der Waals surface area contributed by atoms with Gasteiger partial charge in [0, 0.05) is 0 Å². The lowest BCUT2D eigenvalue weighted by Crippen LogP contribution is -2.33. The smallest absolute Gasteiger partial charge is 0.347 e. The Bertz CT molecular complexity index is 1030. The number of nitrogens with zero attached hydrogens (tertiary/aromatic N) is 1. The van der Waals surface area contributed by atoms with Gasteiger partial charge in [0.25, 0.3) is 0 Å². The summed E-state index contributed by atoms with van der Waals surface area (Å²) in [6, 6.07) is 13.4. The van der Waals surface area contributed by atoms with Crippen molar-refractivity contribution in [3.8, 4) is 11.5 Å². The summed E-state index contributed by atoms with van der Waals surface area (Å²) in [6.45, 7) is 0. The number of imide groups is 1. The summed E-state index contributed by atoms with van der Waals surface area (Å²) in [5.41, 5.74) is 0.572. The molecule has 2 aliphatic carbocycles. The minimum absolute atomic E-state index is 0.120. The molecule has 1 saturated heterocycles. The normalized spacial score (nSPS) is 26.7. The van der Waals surface area contributed by atoms with Crippen molar-refractivity contribution in [1.29, 1.82) is 0 Å². The minimum atomic E-state index is -0.615. The molecule has 0 N–H and O–H groups in total. The average Bonchev–Trinajstić information content (AvgIpc) is 3.42. The summed E-state index contributed by atoms with van der Waals surface area (Å²) >= 11 is 0. The van der Waals surface area contributed by atoms with Crippen LogP contribution in [0.1, 0.15) is 16.8 Å². The fourth-order valence-corrected chi connectivity index (χ4v) is 4.84. The van der Waals surface area contributed by atoms with Gasteiger partial charge in [0.2, 0.25) is 11.8 Å². The SMILES string of the molecule is COc1ccccc1C(=O)Oc1ccccc1N1C(=O)[C@@H]2[C@H](C1=O)[C@H]1C=C[C@H]2C1. The summed E-state index contributed by atoms with van der Waals surface area (Å²) in [6.07, 6.45) is 4.97. The number of esters is 1. The van der Waals surface area contributed by atoms with E-state index in [0.717, 1.165) is 6.42 Å². The number of hydrogen-bond donors (Lipinski definition) is 0. The molecule has 0 radical (unpaired) electrons. The number of methoxy groups -OCH3 is 1. The number of para-hydroxylation sites is 3. The zero-order valence-electron chi connectivity index (χ0n) is 15.8. The number of amides is 2. The second-order valence-electron chi connectivity index (χ2n) is 7.57. The van der Waals surface area contributed by atoms with Crippen molar-refractivity contribution in [3.63, 3.8) is 0 Å². The molecule has 2 fully saturated rings. The predicted octanol–water partition coefficient (Wildman–Crippen LogP) is 3.23. The maximum Gasteiger partial charge on any atom is 0.347 e. The summed E-state index contributed by atoms with van der Waals surface area (Å²) in [7, 11) is 1.47. The van der Waals surface area contributed by atoms with Crippen LogP contribution in [0.25, 0.3) is 0 Å². The molecule has 6 heteroatoms. The van der Waals surface area contributed by atoms with Crippen LogP contribution in [0.3, 0.4) is 0 Å². The second-order valence-corrected chi connectivity index (χ2v) is 7.57. The lowest BCUT2D eigenvalue weighted by atomic mass is 9.85. The number of benzene rings is 2. The van der Waals surface area contributed by atoms with E-state index in [1.165, 1.54) is 12.0 Å². The van der Waals surface area contributed by atoms with Gasteiger partial charge < -0.3 is 9.47 Å². The van der Waals surface area contributed by atoms with Crippen molar-refractivity contribution in [2.45, 2.75) is 6.42 Å². The van der Waals surface area contributed by atoms with Gasteiger partial charge in [0.05, 0.1) is 24.6 Å². The lowest BCUT2D eigenvalue weighted by molar-refractivity contribution is -0.123. The molecule has 5 rings (SSSR count). The molecule has 3 aliphatic rings. The molecule has 1 saturated carbocycles. The third-order valence-corrected chi connectivity index (χ3v) is 6.11. The number of allylic oxidation sites excluding steroid dienone is 2. The first kappa shape index (κ1) is 17.7. The monoisotopic (exact) mass is 389 g/mol. The molecule has 2 aromatic rings. The Morgan fingerprint density at radius 1 is 0.897 bits per heavy atom. The summed E-state index contributed by atoms with van der Waals surface area (Å²) in [5.74, 6) is -0.854. The molecule has 29 heavy (non-hydrogen) atoms. The molecule has 2 bridgehead atoms. The van der Waals surface area contributed by atoms with E-state index >= 15 is 0 Å². The van der Waals surface area contributed by atoms with Gasteiger partial charge in [-0.1, -0.05) is 36.4 Å². The predicted molar refractivity (Wildman–Crippen MR) is 105 cm³/mol. The maximum absolute atomic E-state index is 13.1. The van der Waals surface area contributed by atoms with Crippen molar-refractivity contribution >= 4 is 23.5 Å². The van der Waals surface area contributed by atoms with Crippen LogP contribution in [0.15, 0.2) is 60.7 Å². The van der Waals surface area contributed by atoms with Gasteiger partial charge in [-0.2, -0.15) is 0 Å². The third-order valence-electron chi connectivity index (χ3n) is 6.11. The van der Waals surface area contributed by atoms with Crippen molar-refractivity contribution in [3.05, 3.63) is 66.2 Å². The number of carbonyl (C=O) groups excluding carboxylic acids is 3. The molecule has 6 nitrogen and oxygen atoms in total. The van der Waals surface area contributed by atoms with Gasteiger partial charge in [-0.05, 0) is 42.5 Å². The van der Waals surface area contributed by atoms with Gasteiger partial charge >= 0.3 is 5.97 Å². The molecule has 0 aromatic heterocycles. The number of anilines is 1. The molecule has 4 atom stereocenters. The highest BCUT2D eigenvalue weighted by Crippen LogP contribution is 2.53. The van der Waals surface area contributed by atoms with E-state index in [-0.39, 0.29) is 46.8 Å². The Morgan fingerprint density at radius 3 is 2.14 bits per heavy atom. The van der Waals surface area contributed by atoms with Gasteiger partial charge in [0.1, 0.15) is 11.3 Å². The van der Waals surface area contributed by atoms with Gasteiger partial charge in [-0.3, -0.25) is 9.59 Å². The fraction of sp³-hybridized carbons (Fsp3) is 0.261. The largest absolute Gasteiger partial charge is 0.496 e. The van der Waals surface area contributed by atoms with Crippen LogP contribution < -0.4 is 14.4 Å². The standard InChI is InChI=1S/C23H19NO5/c1-28-17-8-4-2-6-15(17)23(27)29-18-9-5-3-7-16(18)24-21(25)19-13-10-11-14(12-13)20(19)22(24)26/h2-11,13-14,19-20H,12H2,1H3/t13-,14-,19-,20+/m0/s1. The molecule has 2 aromatic carbocycles. The minimum Gasteiger partial charge on any atom is -0.496 e. The van der Waals surface area contributed by atoms with Crippen LogP contribution in [0.2, 0.25) is 0 Å². The van der Waals surface area contributed by atoms with Gasteiger partial charge in [-0.15, -0.1) is 0 Å². The van der Waals surface area contributed by atoms with Crippen molar-refractivity contribution in [2.24, 2.45) is 23.7 Å². The van der Waals surface area contributed by atoms with Gasteiger partial charge in [0.15, 0.2) is 5.75 Å². The Kier molecular flexibility index (Phi) is 4.01. The van der Waals surface area contributed by atoms with Gasteiger partial charge in [-0.25, -0.2) is 9.69 Å². The maximum atomic E-state index is 13.1. The Morgan fingerprint density at radius 2 is 1.48 bits per heavy atom. The second kappa shape index (κ2) is 6.58. The van der Waals surface area contributed by atoms with E-state index in [9.17, 15) is 14.4 Å². The van der Waals surface area contributed by atoms with Crippen LogP contribution in [0.4, 0.5) is 5.69 Å². The number of carbonyl (C=O) groups is 3. The Hall–Kier alpha value is -3.41. The molecule has 0 unspecified atom stereocenters. The first-order chi connectivity index (χ1) is 14.1. The van der Waals surface area contributed by atoms with E-state index in [1.54, 1.807) is 48.5 Å². The van der Waals surface area contributed by atoms with E-state index < -0.39 is 5.97 Å². The van der Waals surface area contributed by atoms with Crippen LogP contribution in [0, 0.1) is 23.7 Å². The zero-order valence-corrected chi connectivity index (χ0v) is 15.8. The average molecular weight is 389 g/mol. The Labute approximate surface area is 167 Å². The Balaban J connectivity index is 1.47. The molecule has 1 heterocycles. The number of ether oxygens (including phenoxy) is 2. The number of hydrogen-bond acceptors (Lipinski definition) is 5. The number of rotatable bonds is 4. The first-order valence-corrected chi connectivity index (χ1v) is 9.60.